The Balaban J connectivity index is 1.62. The summed E-state index contributed by atoms with van der Waals surface area (Å²) in [5.74, 6) is 0.548. The minimum absolute atomic E-state index is 0.139. The topological polar surface area (TPSA) is 62.5 Å². The van der Waals surface area contributed by atoms with Gasteiger partial charge in [0, 0.05) is 16.6 Å². The zero-order chi connectivity index (χ0) is 16.9. The van der Waals surface area contributed by atoms with E-state index >= 15 is 0 Å². The molecule has 3 aromatic rings. The van der Waals surface area contributed by atoms with Crippen LogP contribution in [0.3, 0.4) is 0 Å². The number of rotatable bonds is 5. The molecule has 0 spiro atoms. The van der Waals surface area contributed by atoms with Gasteiger partial charge in [0.1, 0.15) is 5.76 Å². The molecular weight excluding hydrogens is 370 g/mol. The van der Waals surface area contributed by atoms with Gasteiger partial charge < -0.3 is 14.8 Å². The van der Waals surface area contributed by atoms with Gasteiger partial charge in [0.2, 0.25) is 0 Å². The van der Waals surface area contributed by atoms with Gasteiger partial charge in [-0.2, -0.15) is 0 Å². The van der Waals surface area contributed by atoms with Gasteiger partial charge in [0.05, 0.1) is 17.9 Å². The van der Waals surface area contributed by atoms with Gasteiger partial charge >= 0.3 is 0 Å². The van der Waals surface area contributed by atoms with Gasteiger partial charge in [-0.3, -0.25) is 4.79 Å². The summed E-state index contributed by atoms with van der Waals surface area (Å²) in [6.45, 7) is 0.139. The van der Waals surface area contributed by atoms with Crippen LogP contribution in [0.25, 0.3) is 11.3 Å². The van der Waals surface area contributed by atoms with Crippen LogP contribution in [0.4, 0.5) is 0 Å². The Hall–Kier alpha value is -2.37. The molecule has 1 aromatic heterocycles. The van der Waals surface area contributed by atoms with Crippen LogP contribution in [0.15, 0.2) is 75.8 Å². The van der Waals surface area contributed by atoms with Crippen molar-refractivity contribution in [1.82, 2.24) is 5.32 Å². The highest BCUT2D eigenvalue weighted by molar-refractivity contribution is 9.10. The van der Waals surface area contributed by atoms with E-state index in [0.717, 1.165) is 21.4 Å². The molecule has 2 N–H and O–H groups in total. The molecule has 1 amide bonds. The molecule has 2 aromatic carbocycles. The van der Waals surface area contributed by atoms with Crippen LogP contribution in [0.5, 0.6) is 0 Å². The molecule has 1 atom stereocenters. The Morgan fingerprint density at radius 3 is 2.50 bits per heavy atom. The molecule has 0 bridgehead atoms. The number of aliphatic hydroxyl groups is 1. The van der Waals surface area contributed by atoms with Crippen molar-refractivity contribution >= 4 is 21.8 Å². The number of hydrogen-bond donors (Lipinski definition) is 2. The second kappa shape index (κ2) is 7.47. The number of carbonyl (C=O) groups is 1. The zero-order valence-corrected chi connectivity index (χ0v) is 14.4. The van der Waals surface area contributed by atoms with Gasteiger partial charge in [0.15, 0.2) is 0 Å². The highest BCUT2D eigenvalue weighted by Gasteiger charge is 2.13. The van der Waals surface area contributed by atoms with Crippen LogP contribution in [0.1, 0.15) is 22.0 Å². The number of carbonyl (C=O) groups excluding carboxylic acids is 1. The minimum atomic E-state index is -0.776. The van der Waals surface area contributed by atoms with E-state index in [-0.39, 0.29) is 12.5 Å². The van der Waals surface area contributed by atoms with Crippen molar-refractivity contribution in [2.24, 2.45) is 0 Å². The van der Waals surface area contributed by atoms with Crippen molar-refractivity contribution in [1.29, 1.82) is 0 Å². The molecule has 1 heterocycles. The third-order valence-electron chi connectivity index (χ3n) is 3.68. The standard InChI is InChI=1S/C19H16BrNO3/c20-16-5-2-1-4-15(16)19(23)21-12-17(22)13-7-9-14(10-8-13)18-6-3-11-24-18/h1-11,17,22H,12H2,(H,21,23)/t17-/m1/s1. The Morgan fingerprint density at radius 2 is 1.83 bits per heavy atom. The first-order valence-electron chi connectivity index (χ1n) is 7.50. The van der Waals surface area contributed by atoms with E-state index in [4.69, 9.17) is 4.42 Å². The first kappa shape index (κ1) is 16.5. The van der Waals surface area contributed by atoms with E-state index in [9.17, 15) is 9.90 Å². The first-order valence-corrected chi connectivity index (χ1v) is 8.29. The molecule has 4 nitrogen and oxygen atoms in total. The molecular formula is C19H16BrNO3. The average Bonchev–Trinajstić information content (AvgIpc) is 3.14. The molecule has 0 saturated carbocycles. The number of amides is 1. The molecule has 0 aliphatic carbocycles. The highest BCUT2D eigenvalue weighted by atomic mass is 79.9. The highest BCUT2D eigenvalue weighted by Crippen LogP contribution is 2.22. The second-order valence-corrected chi connectivity index (χ2v) is 6.16. The maximum Gasteiger partial charge on any atom is 0.252 e. The van der Waals surface area contributed by atoms with Gasteiger partial charge in [-0.25, -0.2) is 0 Å². The molecule has 122 valence electrons. The van der Waals surface area contributed by atoms with E-state index in [1.807, 2.05) is 42.5 Å². The third-order valence-corrected chi connectivity index (χ3v) is 4.37. The normalized spacial score (nSPS) is 11.9. The molecule has 24 heavy (non-hydrogen) atoms. The van der Waals surface area contributed by atoms with Crippen LogP contribution in [-0.2, 0) is 0 Å². The smallest absolute Gasteiger partial charge is 0.252 e. The fourth-order valence-corrected chi connectivity index (χ4v) is 2.82. The average molecular weight is 386 g/mol. The zero-order valence-electron chi connectivity index (χ0n) is 12.8. The van der Waals surface area contributed by atoms with E-state index < -0.39 is 6.10 Å². The SMILES string of the molecule is O=C(NC[C@@H](O)c1ccc(-c2ccco2)cc1)c1ccccc1Br. The van der Waals surface area contributed by atoms with Crippen molar-refractivity contribution in [3.8, 4) is 11.3 Å². The molecule has 0 fully saturated rings. The predicted molar refractivity (Wildman–Crippen MR) is 95.6 cm³/mol. The van der Waals surface area contributed by atoms with Crippen molar-refractivity contribution < 1.29 is 14.3 Å². The molecule has 0 saturated heterocycles. The molecule has 0 unspecified atom stereocenters. The number of halogens is 1. The number of benzene rings is 2. The van der Waals surface area contributed by atoms with E-state index in [1.165, 1.54) is 0 Å². The van der Waals surface area contributed by atoms with Crippen molar-refractivity contribution in [2.45, 2.75) is 6.10 Å². The fourth-order valence-electron chi connectivity index (χ4n) is 2.36. The maximum absolute atomic E-state index is 12.1. The number of nitrogens with one attached hydrogen (secondary N) is 1. The van der Waals surface area contributed by atoms with Gasteiger partial charge in [-0.1, -0.05) is 36.4 Å². The fraction of sp³-hybridized carbons (Fsp3) is 0.105. The van der Waals surface area contributed by atoms with E-state index in [1.54, 1.807) is 24.5 Å². The van der Waals surface area contributed by atoms with Crippen LogP contribution >= 0.6 is 15.9 Å². The van der Waals surface area contributed by atoms with Gasteiger partial charge in [0.25, 0.3) is 5.91 Å². The van der Waals surface area contributed by atoms with Crippen molar-refractivity contribution in [3.63, 3.8) is 0 Å². The maximum atomic E-state index is 12.1. The lowest BCUT2D eigenvalue weighted by atomic mass is 10.1. The van der Waals surface area contributed by atoms with Crippen molar-refractivity contribution in [2.75, 3.05) is 6.54 Å². The van der Waals surface area contributed by atoms with Gasteiger partial charge in [-0.05, 0) is 45.8 Å². The summed E-state index contributed by atoms with van der Waals surface area (Å²) >= 11 is 3.34. The Kier molecular flexibility index (Phi) is 5.13. The molecule has 0 radical (unpaired) electrons. The summed E-state index contributed by atoms with van der Waals surface area (Å²) in [4.78, 5) is 12.1. The summed E-state index contributed by atoms with van der Waals surface area (Å²) in [6.07, 6.45) is 0.845. The van der Waals surface area contributed by atoms with E-state index in [0.29, 0.717) is 5.56 Å². The lowest BCUT2D eigenvalue weighted by Gasteiger charge is -2.13. The molecule has 3 rings (SSSR count). The van der Waals surface area contributed by atoms with Crippen LogP contribution in [0.2, 0.25) is 0 Å². The summed E-state index contributed by atoms with van der Waals surface area (Å²) in [7, 11) is 0. The van der Waals surface area contributed by atoms with Crippen LogP contribution in [0, 0.1) is 0 Å². The number of aliphatic hydroxyl groups excluding tert-OH is 1. The van der Waals surface area contributed by atoms with Gasteiger partial charge in [-0.15, -0.1) is 0 Å². The molecule has 0 aliphatic heterocycles. The van der Waals surface area contributed by atoms with Crippen LogP contribution < -0.4 is 5.32 Å². The third kappa shape index (κ3) is 3.75. The summed E-state index contributed by atoms with van der Waals surface area (Å²) in [5, 5.41) is 13.0. The summed E-state index contributed by atoms with van der Waals surface area (Å²) < 4.78 is 6.06. The summed E-state index contributed by atoms with van der Waals surface area (Å²) in [5.41, 5.74) is 2.21. The molecule has 0 aliphatic rings. The van der Waals surface area contributed by atoms with Crippen LogP contribution in [-0.4, -0.2) is 17.6 Å². The first-order chi connectivity index (χ1) is 11.6. The Labute approximate surface area is 148 Å². The number of hydrogen-bond acceptors (Lipinski definition) is 3. The summed E-state index contributed by atoms with van der Waals surface area (Å²) in [6, 6.07) is 18.3. The quantitative estimate of drug-likeness (QED) is 0.692. The largest absolute Gasteiger partial charge is 0.464 e. The Morgan fingerprint density at radius 1 is 1.08 bits per heavy atom. The lowest BCUT2D eigenvalue weighted by molar-refractivity contribution is 0.0915. The minimum Gasteiger partial charge on any atom is -0.464 e. The monoisotopic (exact) mass is 385 g/mol. The second-order valence-electron chi connectivity index (χ2n) is 5.30. The van der Waals surface area contributed by atoms with E-state index in [2.05, 4.69) is 21.2 Å². The number of furan rings is 1. The predicted octanol–water partition coefficient (Wildman–Crippen LogP) is 4.17. The molecule has 5 heteroatoms. The lowest BCUT2D eigenvalue weighted by Crippen LogP contribution is -2.28. The Bertz CT molecular complexity index is 813. The van der Waals surface area contributed by atoms with Crippen molar-refractivity contribution in [3.05, 3.63) is 82.5 Å².